The fourth-order valence-electron chi connectivity index (χ4n) is 4.47. The number of hydrogen-bond donors (Lipinski definition) is 2. The maximum atomic E-state index is 12.4. The minimum atomic E-state index is -0.140. The number of nitrogens with one attached hydrogen (secondary N) is 2. The van der Waals surface area contributed by atoms with Gasteiger partial charge >= 0.3 is 6.03 Å². The number of hydrogen-bond acceptors (Lipinski definition) is 4. The Morgan fingerprint density at radius 3 is 3.00 bits per heavy atom. The molecular weight excluding hydrogens is 318 g/mol. The van der Waals surface area contributed by atoms with Crippen molar-refractivity contribution in [3.05, 3.63) is 30.2 Å². The molecule has 2 amide bonds. The van der Waals surface area contributed by atoms with Crippen LogP contribution in [0.3, 0.4) is 0 Å². The van der Waals surface area contributed by atoms with Gasteiger partial charge in [0.25, 0.3) is 0 Å². The highest BCUT2D eigenvalue weighted by Crippen LogP contribution is 2.54. The lowest BCUT2D eigenvalue weighted by atomic mass is 9.60. The lowest BCUT2D eigenvalue weighted by Crippen LogP contribution is -2.64. The van der Waals surface area contributed by atoms with Gasteiger partial charge < -0.3 is 15.4 Å². The number of aromatic nitrogens is 3. The van der Waals surface area contributed by atoms with Crippen LogP contribution in [0.1, 0.15) is 44.9 Å². The summed E-state index contributed by atoms with van der Waals surface area (Å²) in [5.41, 5.74) is 0.928. The second-order valence-corrected chi connectivity index (χ2v) is 7.04. The molecule has 2 aromatic heterocycles. The van der Waals surface area contributed by atoms with Gasteiger partial charge in [-0.05, 0) is 38.3 Å². The van der Waals surface area contributed by atoms with Crippen LogP contribution in [0, 0.1) is 5.41 Å². The summed E-state index contributed by atoms with van der Waals surface area (Å²) >= 11 is 0. The molecule has 2 aromatic rings. The highest BCUT2D eigenvalue weighted by atomic mass is 16.5. The number of carbonyl (C=O) groups excluding carboxylic acids is 1. The van der Waals surface area contributed by atoms with Crippen molar-refractivity contribution in [1.82, 2.24) is 25.2 Å². The van der Waals surface area contributed by atoms with E-state index in [2.05, 4.69) is 20.8 Å². The first-order valence-electron chi connectivity index (χ1n) is 9.17. The summed E-state index contributed by atoms with van der Waals surface area (Å²) in [7, 11) is 0. The summed E-state index contributed by atoms with van der Waals surface area (Å²) in [6.45, 7) is 3.13. The number of nitrogens with zero attached hydrogens (tertiary/aromatic N) is 3. The Labute approximate surface area is 147 Å². The largest absolute Gasteiger partial charge is 0.378 e. The second-order valence-electron chi connectivity index (χ2n) is 7.04. The molecule has 0 saturated heterocycles. The third-order valence-electron chi connectivity index (χ3n) is 5.78. The predicted octanol–water partition coefficient (Wildman–Crippen LogP) is 2.27. The summed E-state index contributed by atoms with van der Waals surface area (Å²) in [6.07, 6.45) is 7.87. The van der Waals surface area contributed by atoms with Crippen LogP contribution in [-0.2, 0) is 11.3 Å². The Kier molecular flexibility index (Phi) is 4.33. The normalized spacial score (nSPS) is 24.4. The van der Waals surface area contributed by atoms with E-state index in [0.29, 0.717) is 12.6 Å². The Hall–Kier alpha value is -2.15. The van der Waals surface area contributed by atoms with Gasteiger partial charge in [0.2, 0.25) is 0 Å². The second kappa shape index (κ2) is 6.63. The van der Waals surface area contributed by atoms with Crippen LogP contribution in [0.2, 0.25) is 0 Å². The maximum Gasteiger partial charge on any atom is 0.315 e. The predicted molar refractivity (Wildman–Crippen MR) is 93.1 cm³/mol. The number of amides is 2. The lowest BCUT2D eigenvalue weighted by molar-refractivity contribution is -0.126. The molecule has 134 valence electrons. The highest BCUT2D eigenvalue weighted by Gasteiger charge is 2.57. The zero-order valence-corrected chi connectivity index (χ0v) is 14.6. The van der Waals surface area contributed by atoms with Gasteiger partial charge in [-0.3, -0.25) is 4.40 Å². The Morgan fingerprint density at radius 1 is 1.36 bits per heavy atom. The minimum Gasteiger partial charge on any atom is -0.378 e. The molecule has 2 fully saturated rings. The molecule has 2 saturated carbocycles. The molecule has 2 aliphatic carbocycles. The average Bonchev–Trinajstić information content (AvgIpc) is 3.28. The third-order valence-corrected chi connectivity index (χ3v) is 5.78. The van der Waals surface area contributed by atoms with Gasteiger partial charge in [-0.2, -0.15) is 0 Å². The first-order chi connectivity index (χ1) is 12.2. The summed E-state index contributed by atoms with van der Waals surface area (Å²) in [5.74, 6) is 0.724. The standard InChI is InChI=1S/C18H25N5O2/c1-2-25-14-11-13(18(14)8-4-5-9-18)20-17(24)19-12-16-22-21-15-7-3-6-10-23(15)16/h3,6-7,10,13-14H,2,4-5,8-9,11-12H2,1H3,(H2,19,20,24). The summed E-state index contributed by atoms with van der Waals surface area (Å²) in [6, 6.07) is 5.80. The molecule has 4 rings (SSSR count). The van der Waals surface area contributed by atoms with Crippen molar-refractivity contribution in [1.29, 1.82) is 0 Å². The van der Waals surface area contributed by atoms with Crippen molar-refractivity contribution >= 4 is 11.7 Å². The molecule has 7 nitrogen and oxygen atoms in total. The SMILES string of the molecule is CCOC1CC(NC(=O)NCc2nnc3ccccn23)C12CCCC2. The highest BCUT2D eigenvalue weighted by molar-refractivity contribution is 5.74. The quantitative estimate of drug-likeness (QED) is 0.873. The molecule has 1 spiro atoms. The van der Waals surface area contributed by atoms with Gasteiger partial charge in [-0.15, -0.1) is 10.2 Å². The van der Waals surface area contributed by atoms with Crippen LogP contribution < -0.4 is 10.6 Å². The molecule has 2 aliphatic rings. The van der Waals surface area contributed by atoms with Crippen molar-refractivity contribution in [3.8, 4) is 0 Å². The van der Waals surface area contributed by atoms with Crippen molar-refractivity contribution in [2.24, 2.45) is 5.41 Å². The van der Waals surface area contributed by atoms with E-state index in [9.17, 15) is 4.79 Å². The molecule has 0 aromatic carbocycles. The number of rotatable bonds is 5. The average molecular weight is 343 g/mol. The van der Waals surface area contributed by atoms with Crippen LogP contribution in [0.15, 0.2) is 24.4 Å². The van der Waals surface area contributed by atoms with Gasteiger partial charge in [0, 0.05) is 24.3 Å². The Morgan fingerprint density at radius 2 is 2.20 bits per heavy atom. The van der Waals surface area contributed by atoms with E-state index in [1.54, 1.807) is 0 Å². The van der Waals surface area contributed by atoms with Gasteiger partial charge in [0.05, 0.1) is 12.6 Å². The minimum absolute atomic E-state index is 0.140. The molecule has 7 heteroatoms. The van der Waals surface area contributed by atoms with Gasteiger partial charge in [0.1, 0.15) is 0 Å². The van der Waals surface area contributed by atoms with E-state index in [0.717, 1.165) is 37.3 Å². The number of urea groups is 1. The van der Waals surface area contributed by atoms with Crippen molar-refractivity contribution in [2.45, 2.75) is 57.7 Å². The molecule has 0 aliphatic heterocycles. The van der Waals surface area contributed by atoms with Crippen LogP contribution in [0.25, 0.3) is 5.65 Å². The lowest BCUT2D eigenvalue weighted by Gasteiger charge is -2.53. The van der Waals surface area contributed by atoms with Crippen LogP contribution in [-0.4, -0.2) is 39.4 Å². The Balaban J connectivity index is 1.35. The number of pyridine rings is 1. The van der Waals surface area contributed by atoms with Crippen LogP contribution >= 0.6 is 0 Å². The Bertz CT molecular complexity index is 753. The first-order valence-corrected chi connectivity index (χ1v) is 9.17. The summed E-state index contributed by atoms with van der Waals surface area (Å²) < 4.78 is 7.78. The zero-order valence-electron chi connectivity index (χ0n) is 14.6. The zero-order chi connectivity index (χ0) is 17.3. The van der Waals surface area contributed by atoms with E-state index in [-0.39, 0.29) is 17.5 Å². The fourth-order valence-corrected chi connectivity index (χ4v) is 4.47. The third kappa shape index (κ3) is 2.86. The van der Waals surface area contributed by atoms with Crippen LogP contribution in [0.4, 0.5) is 4.79 Å². The van der Waals surface area contributed by atoms with Crippen molar-refractivity contribution < 1.29 is 9.53 Å². The van der Waals surface area contributed by atoms with Gasteiger partial charge in [0.15, 0.2) is 11.5 Å². The monoisotopic (exact) mass is 343 g/mol. The molecule has 0 radical (unpaired) electrons. The maximum absolute atomic E-state index is 12.4. The van der Waals surface area contributed by atoms with E-state index < -0.39 is 0 Å². The summed E-state index contributed by atoms with van der Waals surface area (Å²) in [5, 5.41) is 14.3. The van der Waals surface area contributed by atoms with Crippen molar-refractivity contribution in [2.75, 3.05) is 6.61 Å². The van der Waals surface area contributed by atoms with Crippen molar-refractivity contribution in [3.63, 3.8) is 0 Å². The number of fused-ring (bicyclic) bond motifs is 1. The molecule has 0 bridgehead atoms. The topological polar surface area (TPSA) is 80.5 Å². The number of ether oxygens (including phenoxy) is 1. The molecule has 25 heavy (non-hydrogen) atoms. The number of carbonyl (C=O) groups is 1. The molecule has 2 unspecified atom stereocenters. The smallest absolute Gasteiger partial charge is 0.315 e. The van der Waals surface area contributed by atoms with E-state index >= 15 is 0 Å². The first kappa shape index (κ1) is 16.3. The molecular formula is C18H25N5O2. The molecule has 2 heterocycles. The fraction of sp³-hybridized carbons (Fsp3) is 0.611. The van der Waals surface area contributed by atoms with Crippen LogP contribution in [0.5, 0.6) is 0 Å². The van der Waals surface area contributed by atoms with E-state index in [1.165, 1.54) is 12.8 Å². The van der Waals surface area contributed by atoms with E-state index in [4.69, 9.17) is 4.74 Å². The summed E-state index contributed by atoms with van der Waals surface area (Å²) in [4.78, 5) is 12.4. The van der Waals surface area contributed by atoms with Gasteiger partial charge in [-0.1, -0.05) is 18.9 Å². The van der Waals surface area contributed by atoms with Gasteiger partial charge in [-0.25, -0.2) is 4.79 Å². The molecule has 2 N–H and O–H groups in total. The van der Waals surface area contributed by atoms with E-state index in [1.807, 2.05) is 35.7 Å². The molecule has 2 atom stereocenters.